The van der Waals surface area contributed by atoms with Gasteiger partial charge in [0, 0.05) is 16.3 Å². The number of benzene rings is 2. The second kappa shape index (κ2) is 8.61. The molecule has 2 aromatic carbocycles. The highest BCUT2D eigenvalue weighted by atomic mass is 35.5. The van der Waals surface area contributed by atoms with Gasteiger partial charge in [0.15, 0.2) is 11.9 Å². The van der Waals surface area contributed by atoms with Gasteiger partial charge in [-0.15, -0.1) is 10.2 Å². The highest BCUT2D eigenvalue weighted by Gasteiger charge is 2.17. The zero-order chi connectivity index (χ0) is 21.1. The molecule has 0 aliphatic heterocycles. The lowest BCUT2D eigenvalue weighted by molar-refractivity contribution is -0.122. The average Bonchev–Trinajstić information content (AvgIpc) is 3.42. The fourth-order valence-electron chi connectivity index (χ4n) is 2.59. The minimum atomic E-state index is -0.768. The van der Waals surface area contributed by atoms with Gasteiger partial charge in [-0.3, -0.25) is 4.79 Å². The number of nitrogens with zero attached hydrogens (tertiary/aromatic N) is 2. The molecule has 152 valence electrons. The molecule has 4 rings (SSSR count). The number of aromatic nitrogens is 2. The SMILES string of the molecule is CC(Oc1ccc(Cl)cc1Cl)C(=O)Nc1ccc(-c2nnc(-c3ccco3)o2)cc1. The van der Waals surface area contributed by atoms with E-state index in [0.29, 0.717) is 44.6 Å². The lowest BCUT2D eigenvalue weighted by Gasteiger charge is -2.16. The third-order valence-electron chi connectivity index (χ3n) is 4.12. The van der Waals surface area contributed by atoms with Gasteiger partial charge in [-0.25, -0.2) is 0 Å². The van der Waals surface area contributed by atoms with Crippen LogP contribution >= 0.6 is 23.2 Å². The monoisotopic (exact) mass is 443 g/mol. The molecule has 1 unspecified atom stereocenters. The van der Waals surface area contributed by atoms with Gasteiger partial charge < -0.3 is 18.9 Å². The second-order valence-electron chi connectivity index (χ2n) is 6.29. The molecule has 0 fully saturated rings. The van der Waals surface area contributed by atoms with E-state index in [-0.39, 0.29) is 5.91 Å². The standard InChI is InChI=1S/C21H15Cl2N3O4/c1-12(29-17-9-6-14(22)11-16(17)23)19(27)24-15-7-4-13(5-8-15)20-25-26-21(30-20)18-3-2-10-28-18/h2-12H,1H3,(H,24,27). The summed E-state index contributed by atoms with van der Waals surface area (Å²) in [5.41, 5.74) is 1.29. The van der Waals surface area contributed by atoms with Gasteiger partial charge in [0.25, 0.3) is 11.8 Å². The first-order chi connectivity index (χ1) is 14.5. The Morgan fingerprint density at radius 2 is 1.83 bits per heavy atom. The van der Waals surface area contributed by atoms with Crippen molar-refractivity contribution in [3.05, 3.63) is 70.9 Å². The molecule has 2 heterocycles. The maximum absolute atomic E-state index is 12.4. The lowest BCUT2D eigenvalue weighted by Crippen LogP contribution is -2.30. The van der Waals surface area contributed by atoms with Crippen molar-refractivity contribution in [3.63, 3.8) is 0 Å². The van der Waals surface area contributed by atoms with Crippen LogP contribution in [-0.2, 0) is 4.79 Å². The zero-order valence-electron chi connectivity index (χ0n) is 15.6. The first kappa shape index (κ1) is 20.0. The van der Waals surface area contributed by atoms with Gasteiger partial charge >= 0.3 is 0 Å². The number of amides is 1. The van der Waals surface area contributed by atoms with E-state index in [1.165, 1.54) is 6.26 Å². The summed E-state index contributed by atoms with van der Waals surface area (Å²) in [6.45, 7) is 1.63. The molecule has 1 atom stereocenters. The quantitative estimate of drug-likeness (QED) is 0.410. The number of rotatable bonds is 6. The fraction of sp³-hybridized carbons (Fsp3) is 0.0952. The fourth-order valence-corrected chi connectivity index (χ4v) is 3.05. The van der Waals surface area contributed by atoms with Crippen LogP contribution in [0.4, 0.5) is 5.69 Å². The Balaban J connectivity index is 1.40. The maximum Gasteiger partial charge on any atom is 0.283 e. The summed E-state index contributed by atoms with van der Waals surface area (Å²) in [7, 11) is 0. The Bertz CT molecular complexity index is 1160. The molecular formula is C21H15Cl2N3O4. The summed E-state index contributed by atoms with van der Waals surface area (Å²) in [6.07, 6.45) is 0.762. The normalized spacial score (nSPS) is 11.8. The Kier molecular flexibility index (Phi) is 5.74. The molecule has 1 N–H and O–H groups in total. The number of hydrogen-bond acceptors (Lipinski definition) is 6. The minimum absolute atomic E-state index is 0.291. The molecule has 0 bridgehead atoms. The number of carbonyl (C=O) groups is 1. The van der Waals surface area contributed by atoms with E-state index in [2.05, 4.69) is 15.5 Å². The van der Waals surface area contributed by atoms with E-state index in [9.17, 15) is 4.79 Å². The van der Waals surface area contributed by atoms with Crippen LogP contribution in [0.1, 0.15) is 6.92 Å². The van der Waals surface area contributed by atoms with Crippen molar-refractivity contribution < 1.29 is 18.4 Å². The van der Waals surface area contributed by atoms with Crippen molar-refractivity contribution in [2.45, 2.75) is 13.0 Å². The van der Waals surface area contributed by atoms with E-state index in [0.717, 1.165) is 0 Å². The third kappa shape index (κ3) is 4.48. The number of anilines is 1. The summed E-state index contributed by atoms with van der Waals surface area (Å²) in [6, 6.07) is 15.3. The Morgan fingerprint density at radius 3 is 2.53 bits per heavy atom. The van der Waals surface area contributed by atoms with E-state index < -0.39 is 6.10 Å². The van der Waals surface area contributed by atoms with Gasteiger partial charge in [-0.2, -0.15) is 0 Å². The number of nitrogens with one attached hydrogen (secondary N) is 1. The highest BCUT2D eigenvalue weighted by molar-refractivity contribution is 6.35. The van der Waals surface area contributed by atoms with Gasteiger partial charge in [0.1, 0.15) is 5.75 Å². The number of halogens is 2. The molecule has 7 nitrogen and oxygen atoms in total. The Hall–Kier alpha value is -3.29. The summed E-state index contributed by atoms with van der Waals surface area (Å²) in [5.74, 6) is 1.18. The largest absolute Gasteiger partial charge is 0.479 e. The number of furan rings is 1. The summed E-state index contributed by atoms with van der Waals surface area (Å²) < 4.78 is 16.5. The molecule has 30 heavy (non-hydrogen) atoms. The van der Waals surface area contributed by atoms with Crippen molar-refractivity contribution in [3.8, 4) is 28.9 Å². The van der Waals surface area contributed by atoms with Crippen molar-refractivity contribution in [2.75, 3.05) is 5.32 Å². The molecule has 0 saturated carbocycles. The molecule has 0 saturated heterocycles. The zero-order valence-corrected chi connectivity index (χ0v) is 17.1. The predicted octanol–water partition coefficient (Wildman–Crippen LogP) is 5.71. The molecule has 4 aromatic rings. The van der Waals surface area contributed by atoms with Gasteiger partial charge in [0.05, 0.1) is 11.3 Å². The highest BCUT2D eigenvalue weighted by Crippen LogP contribution is 2.29. The molecule has 0 aliphatic rings. The summed E-state index contributed by atoms with van der Waals surface area (Å²) in [4.78, 5) is 12.4. The second-order valence-corrected chi connectivity index (χ2v) is 7.13. The molecule has 2 aromatic heterocycles. The molecule has 0 radical (unpaired) electrons. The van der Waals surface area contributed by atoms with Crippen molar-refractivity contribution >= 4 is 34.8 Å². The van der Waals surface area contributed by atoms with Crippen LogP contribution in [0.5, 0.6) is 5.75 Å². The summed E-state index contributed by atoms with van der Waals surface area (Å²) in [5, 5.41) is 11.6. The molecule has 0 aliphatic carbocycles. The van der Waals surface area contributed by atoms with Crippen LogP contribution in [0, 0.1) is 0 Å². The smallest absolute Gasteiger partial charge is 0.283 e. The third-order valence-corrected chi connectivity index (χ3v) is 4.65. The topological polar surface area (TPSA) is 90.4 Å². The van der Waals surface area contributed by atoms with Crippen molar-refractivity contribution in [1.82, 2.24) is 10.2 Å². The number of ether oxygens (including phenoxy) is 1. The minimum Gasteiger partial charge on any atom is -0.479 e. The van der Waals surface area contributed by atoms with Crippen LogP contribution in [0.15, 0.2) is 69.7 Å². The molecule has 9 heteroatoms. The lowest BCUT2D eigenvalue weighted by atomic mass is 10.2. The van der Waals surface area contributed by atoms with E-state index in [1.807, 2.05) is 0 Å². The van der Waals surface area contributed by atoms with Gasteiger partial charge in [-0.05, 0) is 61.5 Å². The Morgan fingerprint density at radius 1 is 1.07 bits per heavy atom. The van der Waals surface area contributed by atoms with Crippen molar-refractivity contribution in [1.29, 1.82) is 0 Å². The maximum atomic E-state index is 12.4. The van der Waals surface area contributed by atoms with Crippen LogP contribution in [0.3, 0.4) is 0 Å². The Labute approximate surface area is 181 Å². The van der Waals surface area contributed by atoms with E-state index >= 15 is 0 Å². The van der Waals surface area contributed by atoms with E-state index in [1.54, 1.807) is 61.5 Å². The number of carbonyl (C=O) groups excluding carboxylic acids is 1. The summed E-state index contributed by atoms with van der Waals surface area (Å²) >= 11 is 12.0. The first-order valence-electron chi connectivity index (χ1n) is 8.90. The molecule has 1 amide bonds. The predicted molar refractivity (Wildman–Crippen MR) is 113 cm³/mol. The molecular weight excluding hydrogens is 429 g/mol. The number of hydrogen-bond donors (Lipinski definition) is 1. The first-order valence-corrected chi connectivity index (χ1v) is 9.65. The van der Waals surface area contributed by atoms with Gasteiger partial charge in [-0.1, -0.05) is 23.2 Å². The van der Waals surface area contributed by atoms with Gasteiger partial charge in [0.2, 0.25) is 5.89 Å². The van der Waals surface area contributed by atoms with Crippen LogP contribution < -0.4 is 10.1 Å². The van der Waals surface area contributed by atoms with E-state index in [4.69, 9.17) is 36.8 Å². The van der Waals surface area contributed by atoms with Crippen LogP contribution in [0.2, 0.25) is 10.0 Å². The molecule has 0 spiro atoms. The van der Waals surface area contributed by atoms with Crippen LogP contribution in [-0.4, -0.2) is 22.2 Å². The van der Waals surface area contributed by atoms with Crippen molar-refractivity contribution in [2.24, 2.45) is 0 Å². The van der Waals surface area contributed by atoms with Crippen LogP contribution in [0.25, 0.3) is 23.1 Å². The average molecular weight is 444 g/mol.